The van der Waals surface area contributed by atoms with E-state index in [1.165, 1.54) is 11.1 Å². The van der Waals surface area contributed by atoms with Crippen molar-refractivity contribution < 1.29 is 4.52 Å². The van der Waals surface area contributed by atoms with E-state index in [1.54, 1.807) is 0 Å². The molecular formula is C27H25Cl2N5O. The molecule has 4 heterocycles. The predicted octanol–water partition coefficient (Wildman–Crippen LogP) is 6.95. The average molecular weight is 506 g/mol. The Morgan fingerprint density at radius 2 is 1.80 bits per heavy atom. The van der Waals surface area contributed by atoms with Gasteiger partial charge in [0.15, 0.2) is 0 Å². The normalized spacial score (nSPS) is 19.3. The molecule has 35 heavy (non-hydrogen) atoms. The highest BCUT2D eigenvalue weighted by atomic mass is 35.5. The Kier molecular flexibility index (Phi) is 4.80. The molecule has 3 aromatic heterocycles. The maximum Gasteiger partial charge on any atom is 0.243 e. The van der Waals surface area contributed by atoms with Gasteiger partial charge in [-0.3, -0.25) is 0 Å². The number of piperidine rings is 1. The SMILES string of the molecule is Cc1ccn2nc(N3CCC4(C=C(c5c(-c6c(Cl)cccc6Cl)noc5C5CC5)C4)CC3)ncc12. The fraction of sp³-hybridized carbons (Fsp3) is 0.370. The molecule has 7 rings (SSSR count). The topological polar surface area (TPSA) is 59.5 Å². The van der Waals surface area contributed by atoms with Gasteiger partial charge in [-0.1, -0.05) is 40.5 Å². The lowest BCUT2D eigenvalue weighted by Crippen LogP contribution is -2.43. The van der Waals surface area contributed by atoms with E-state index in [1.807, 2.05) is 35.1 Å². The number of aromatic nitrogens is 4. The third-order valence-electron chi connectivity index (χ3n) is 7.87. The smallest absolute Gasteiger partial charge is 0.243 e. The van der Waals surface area contributed by atoms with Crippen molar-refractivity contribution >= 4 is 40.2 Å². The lowest BCUT2D eigenvalue weighted by atomic mass is 9.63. The van der Waals surface area contributed by atoms with Gasteiger partial charge in [-0.25, -0.2) is 9.50 Å². The van der Waals surface area contributed by atoms with Gasteiger partial charge in [0, 0.05) is 36.3 Å². The monoisotopic (exact) mass is 505 g/mol. The van der Waals surface area contributed by atoms with Gasteiger partial charge in [0.05, 0.1) is 21.8 Å². The van der Waals surface area contributed by atoms with Crippen LogP contribution in [0.4, 0.5) is 5.95 Å². The maximum absolute atomic E-state index is 6.56. The third kappa shape index (κ3) is 3.49. The summed E-state index contributed by atoms with van der Waals surface area (Å²) in [6.07, 6.45) is 11.9. The van der Waals surface area contributed by atoms with Gasteiger partial charge in [0.1, 0.15) is 11.5 Å². The molecule has 1 spiro atoms. The van der Waals surface area contributed by atoms with Gasteiger partial charge in [-0.15, -0.1) is 5.10 Å². The van der Waals surface area contributed by atoms with Crippen LogP contribution in [-0.2, 0) is 0 Å². The van der Waals surface area contributed by atoms with E-state index < -0.39 is 0 Å². The second-order valence-electron chi connectivity index (χ2n) is 10.2. The molecule has 4 aromatic rings. The molecule has 2 fully saturated rings. The number of hydrogen-bond acceptors (Lipinski definition) is 5. The molecule has 1 saturated heterocycles. The number of benzene rings is 1. The zero-order chi connectivity index (χ0) is 23.7. The van der Waals surface area contributed by atoms with E-state index >= 15 is 0 Å². The Hall–Kier alpha value is -2.83. The predicted molar refractivity (Wildman–Crippen MR) is 138 cm³/mol. The summed E-state index contributed by atoms with van der Waals surface area (Å²) >= 11 is 13.1. The molecule has 6 nitrogen and oxygen atoms in total. The fourth-order valence-electron chi connectivity index (χ4n) is 5.65. The molecule has 1 saturated carbocycles. The quantitative estimate of drug-likeness (QED) is 0.300. The highest BCUT2D eigenvalue weighted by Crippen LogP contribution is 2.56. The first kappa shape index (κ1) is 21.5. The Balaban J connectivity index is 1.16. The second kappa shape index (κ2) is 7.84. The minimum Gasteiger partial charge on any atom is -0.360 e. The number of fused-ring (bicyclic) bond motifs is 1. The zero-order valence-corrected chi connectivity index (χ0v) is 21.0. The summed E-state index contributed by atoms with van der Waals surface area (Å²) < 4.78 is 7.82. The number of aryl methyl sites for hydroxylation is 1. The molecule has 2 aliphatic carbocycles. The number of nitrogens with zero attached hydrogens (tertiary/aromatic N) is 5. The fourth-order valence-corrected chi connectivity index (χ4v) is 6.22. The van der Waals surface area contributed by atoms with Crippen molar-refractivity contribution in [2.24, 2.45) is 5.41 Å². The first-order chi connectivity index (χ1) is 17.0. The first-order valence-electron chi connectivity index (χ1n) is 12.2. The van der Waals surface area contributed by atoms with Crippen LogP contribution in [0.25, 0.3) is 22.3 Å². The summed E-state index contributed by atoms with van der Waals surface area (Å²) in [5.74, 6) is 2.26. The second-order valence-corrected chi connectivity index (χ2v) is 11.0. The van der Waals surface area contributed by atoms with Crippen LogP contribution in [0.15, 0.2) is 47.3 Å². The van der Waals surface area contributed by atoms with Crippen molar-refractivity contribution in [1.29, 1.82) is 0 Å². The van der Waals surface area contributed by atoms with E-state index in [-0.39, 0.29) is 5.41 Å². The van der Waals surface area contributed by atoms with Crippen LogP contribution in [0.5, 0.6) is 0 Å². The molecule has 3 aliphatic rings. The molecule has 0 radical (unpaired) electrons. The highest BCUT2D eigenvalue weighted by molar-refractivity contribution is 6.39. The Bertz CT molecular complexity index is 1470. The Morgan fingerprint density at radius 1 is 1.06 bits per heavy atom. The van der Waals surface area contributed by atoms with Crippen molar-refractivity contribution in [3.8, 4) is 11.3 Å². The summed E-state index contributed by atoms with van der Waals surface area (Å²) in [6, 6.07) is 7.65. The molecule has 0 amide bonds. The molecule has 0 N–H and O–H groups in total. The standard InChI is InChI=1S/C27H25Cl2N5O/c1-16-7-10-34-21(16)15-30-26(31-34)33-11-8-27(9-12-33)13-18(14-27)22-24(32-35-25(22)17-5-6-17)23-19(28)3-2-4-20(23)29/h2-4,7,10,13,15,17H,5-6,8-9,11-12,14H2,1H3. The number of allylic oxidation sites excluding steroid dienone is 2. The van der Waals surface area contributed by atoms with Crippen LogP contribution in [0.2, 0.25) is 10.0 Å². The average Bonchev–Trinajstić information content (AvgIpc) is 3.50. The van der Waals surface area contributed by atoms with Gasteiger partial charge in [0.2, 0.25) is 5.95 Å². The van der Waals surface area contributed by atoms with E-state index in [0.717, 1.165) is 79.2 Å². The summed E-state index contributed by atoms with van der Waals surface area (Å²) in [6.45, 7) is 3.97. The van der Waals surface area contributed by atoms with Gasteiger partial charge in [-0.2, -0.15) is 0 Å². The van der Waals surface area contributed by atoms with Crippen molar-refractivity contribution in [2.75, 3.05) is 18.0 Å². The molecule has 0 unspecified atom stereocenters. The molecule has 178 valence electrons. The summed E-state index contributed by atoms with van der Waals surface area (Å²) in [5.41, 5.74) is 6.44. The first-order valence-corrected chi connectivity index (χ1v) is 13.0. The summed E-state index contributed by atoms with van der Waals surface area (Å²) in [4.78, 5) is 6.94. The van der Waals surface area contributed by atoms with Crippen molar-refractivity contribution in [3.05, 3.63) is 69.7 Å². The van der Waals surface area contributed by atoms with E-state index in [9.17, 15) is 0 Å². The van der Waals surface area contributed by atoms with Crippen LogP contribution < -0.4 is 4.90 Å². The van der Waals surface area contributed by atoms with Gasteiger partial charge >= 0.3 is 0 Å². The zero-order valence-electron chi connectivity index (χ0n) is 19.5. The van der Waals surface area contributed by atoms with Crippen molar-refractivity contribution in [2.45, 2.75) is 44.9 Å². The molecule has 1 aliphatic heterocycles. The van der Waals surface area contributed by atoms with E-state index in [0.29, 0.717) is 16.0 Å². The Morgan fingerprint density at radius 3 is 2.51 bits per heavy atom. The summed E-state index contributed by atoms with van der Waals surface area (Å²) in [7, 11) is 0. The van der Waals surface area contributed by atoms with Crippen LogP contribution in [0.1, 0.15) is 54.9 Å². The number of hydrogen-bond donors (Lipinski definition) is 0. The van der Waals surface area contributed by atoms with Gasteiger partial charge in [-0.05, 0) is 73.8 Å². The minimum absolute atomic E-state index is 0.208. The van der Waals surface area contributed by atoms with Gasteiger partial charge < -0.3 is 9.42 Å². The molecule has 1 aromatic carbocycles. The van der Waals surface area contributed by atoms with E-state index in [4.69, 9.17) is 32.8 Å². The van der Waals surface area contributed by atoms with E-state index in [2.05, 4.69) is 34.1 Å². The molecular weight excluding hydrogens is 481 g/mol. The molecule has 0 atom stereocenters. The van der Waals surface area contributed by atoms with Crippen molar-refractivity contribution in [3.63, 3.8) is 0 Å². The molecule has 0 bridgehead atoms. The number of rotatable bonds is 4. The van der Waals surface area contributed by atoms with Crippen molar-refractivity contribution in [1.82, 2.24) is 19.8 Å². The van der Waals surface area contributed by atoms with Gasteiger partial charge in [0.25, 0.3) is 0 Å². The largest absolute Gasteiger partial charge is 0.360 e. The molecule has 8 heteroatoms. The van der Waals surface area contributed by atoms with Crippen LogP contribution in [-0.4, -0.2) is 32.8 Å². The third-order valence-corrected chi connectivity index (χ3v) is 8.50. The lowest BCUT2D eigenvalue weighted by molar-refractivity contribution is 0.275. The van der Waals surface area contributed by atoms with Crippen LogP contribution >= 0.6 is 23.2 Å². The summed E-state index contributed by atoms with van der Waals surface area (Å²) in [5, 5.41) is 10.4. The minimum atomic E-state index is 0.208. The Labute approximate surface area is 213 Å². The van der Waals surface area contributed by atoms with Crippen LogP contribution in [0, 0.1) is 12.3 Å². The van der Waals surface area contributed by atoms with Crippen LogP contribution in [0.3, 0.4) is 0 Å². The lowest BCUT2D eigenvalue weighted by Gasteiger charge is -2.46. The maximum atomic E-state index is 6.56. The number of halogens is 2. The number of anilines is 1. The highest BCUT2D eigenvalue weighted by Gasteiger charge is 2.44.